The zero-order valence-corrected chi connectivity index (χ0v) is 11.3. The lowest BCUT2D eigenvalue weighted by atomic mass is 9.83. The van der Waals surface area contributed by atoms with E-state index in [0.29, 0.717) is 11.3 Å². The molecule has 1 fully saturated rings. The summed E-state index contributed by atoms with van der Waals surface area (Å²) >= 11 is 0. The van der Waals surface area contributed by atoms with E-state index in [0.717, 1.165) is 18.4 Å². The van der Waals surface area contributed by atoms with E-state index in [1.807, 2.05) is 19.1 Å². The van der Waals surface area contributed by atoms with Gasteiger partial charge in [-0.25, -0.2) is 0 Å². The highest BCUT2D eigenvalue weighted by Gasteiger charge is 2.29. The summed E-state index contributed by atoms with van der Waals surface area (Å²) in [7, 11) is 0. The molecule has 0 aromatic heterocycles. The second kappa shape index (κ2) is 5.01. The van der Waals surface area contributed by atoms with Crippen LogP contribution in [-0.4, -0.2) is 11.4 Å². The first-order chi connectivity index (χ1) is 8.50. The lowest BCUT2D eigenvalue weighted by Gasteiger charge is -2.34. The summed E-state index contributed by atoms with van der Waals surface area (Å²) in [5.74, 6) is -0.0411. The van der Waals surface area contributed by atoms with Crippen molar-refractivity contribution in [2.75, 3.05) is 5.73 Å². The van der Waals surface area contributed by atoms with E-state index in [2.05, 4.69) is 12.2 Å². The molecule has 0 spiro atoms. The predicted octanol–water partition coefficient (Wildman–Crippen LogP) is 3.03. The second-order valence-corrected chi connectivity index (χ2v) is 5.67. The Bertz CT molecular complexity index is 448. The number of nitrogen functional groups attached to an aromatic ring is 1. The SMILES string of the molecule is Cc1ccc(N)c(C(=O)NC2(C)CCCCC2)c1. The van der Waals surface area contributed by atoms with Crippen LogP contribution in [0.1, 0.15) is 54.9 Å². The molecule has 0 bridgehead atoms. The number of aryl methyl sites for hydroxylation is 1. The Balaban J connectivity index is 2.14. The molecule has 1 aromatic rings. The van der Waals surface area contributed by atoms with E-state index in [1.54, 1.807) is 6.07 Å². The first-order valence-corrected chi connectivity index (χ1v) is 6.69. The Labute approximate surface area is 109 Å². The van der Waals surface area contributed by atoms with Crippen molar-refractivity contribution in [1.82, 2.24) is 5.32 Å². The molecule has 18 heavy (non-hydrogen) atoms. The summed E-state index contributed by atoms with van der Waals surface area (Å²) in [5.41, 5.74) is 8.02. The van der Waals surface area contributed by atoms with E-state index in [4.69, 9.17) is 5.73 Å². The van der Waals surface area contributed by atoms with Gasteiger partial charge in [0.1, 0.15) is 0 Å². The van der Waals surface area contributed by atoms with E-state index < -0.39 is 0 Å². The highest BCUT2D eigenvalue weighted by atomic mass is 16.1. The minimum Gasteiger partial charge on any atom is -0.398 e. The van der Waals surface area contributed by atoms with E-state index in [9.17, 15) is 4.79 Å². The van der Waals surface area contributed by atoms with Crippen molar-refractivity contribution in [2.24, 2.45) is 0 Å². The summed E-state index contributed by atoms with van der Waals surface area (Å²) in [6.07, 6.45) is 5.78. The van der Waals surface area contributed by atoms with Crippen molar-refractivity contribution >= 4 is 11.6 Å². The lowest BCUT2D eigenvalue weighted by molar-refractivity contribution is 0.0883. The number of carbonyl (C=O) groups is 1. The van der Waals surface area contributed by atoms with Crippen molar-refractivity contribution in [3.63, 3.8) is 0 Å². The van der Waals surface area contributed by atoms with Crippen LogP contribution in [0, 0.1) is 6.92 Å². The van der Waals surface area contributed by atoms with Gasteiger partial charge in [0, 0.05) is 11.2 Å². The van der Waals surface area contributed by atoms with Crippen LogP contribution < -0.4 is 11.1 Å². The molecule has 0 aliphatic heterocycles. The highest BCUT2D eigenvalue weighted by Crippen LogP contribution is 2.28. The molecule has 98 valence electrons. The van der Waals surface area contributed by atoms with Crippen LogP contribution >= 0.6 is 0 Å². The van der Waals surface area contributed by atoms with Crippen LogP contribution in [0.2, 0.25) is 0 Å². The minimum atomic E-state index is -0.0640. The van der Waals surface area contributed by atoms with Gasteiger partial charge in [-0.1, -0.05) is 30.9 Å². The molecule has 0 atom stereocenters. The molecule has 0 unspecified atom stereocenters. The molecule has 0 heterocycles. The fraction of sp³-hybridized carbons (Fsp3) is 0.533. The summed E-state index contributed by atoms with van der Waals surface area (Å²) < 4.78 is 0. The predicted molar refractivity (Wildman–Crippen MR) is 74.5 cm³/mol. The van der Waals surface area contributed by atoms with Crippen LogP contribution in [0.25, 0.3) is 0 Å². The third-order valence-corrected chi connectivity index (χ3v) is 3.83. The summed E-state index contributed by atoms with van der Waals surface area (Å²) in [4.78, 5) is 12.3. The number of nitrogens with two attached hydrogens (primary N) is 1. The molecular formula is C15H22N2O. The third kappa shape index (κ3) is 2.84. The molecule has 1 saturated carbocycles. The van der Waals surface area contributed by atoms with Crippen molar-refractivity contribution in [1.29, 1.82) is 0 Å². The first-order valence-electron chi connectivity index (χ1n) is 6.69. The second-order valence-electron chi connectivity index (χ2n) is 5.67. The fourth-order valence-electron chi connectivity index (χ4n) is 2.67. The van der Waals surface area contributed by atoms with Crippen LogP contribution in [0.15, 0.2) is 18.2 Å². The number of nitrogens with one attached hydrogen (secondary N) is 1. The van der Waals surface area contributed by atoms with Gasteiger partial charge in [0.15, 0.2) is 0 Å². The van der Waals surface area contributed by atoms with E-state index >= 15 is 0 Å². The number of amides is 1. The molecule has 1 aliphatic carbocycles. The molecule has 3 N–H and O–H groups in total. The molecule has 2 rings (SSSR count). The van der Waals surface area contributed by atoms with Gasteiger partial charge >= 0.3 is 0 Å². The average molecular weight is 246 g/mol. The number of benzene rings is 1. The fourth-order valence-corrected chi connectivity index (χ4v) is 2.67. The summed E-state index contributed by atoms with van der Waals surface area (Å²) in [5, 5.41) is 3.16. The average Bonchev–Trinajstić information content (AvgIpc) is 2.32. The monoisotopic (exact) mass is 246 g/mol. The maximum atomic E-state index is 12.3. The summed E-state index contributed by atoms with van der Waals surface area (Å²) in [6, 6.07) is 5.58. The zero-order chi connectivity index (χ0) is 13.2. The highest BCUT2D eigenvalue weighted by molar-refractivity contribution is 5.99. The topological polar surface area (TPSA) is 55.1 Å². The maximum Gasteiger partial charge on any atom is 0.253 e. The van der Waals surface area contributed by atoms with Gasteiger partial charge in [0.25, 0.3) is 5.91 Å². The molecule has 0 radical (unpaired) electrons. The maximum absolute atomic E-state index is 12.3. The molecule has 3 heteroatoms. The van der Waals surface area contributed by atoms with Gasteiger partial charge in [0.05, 0.1) is 5.56 Å². The zero-order valence-electron chi connectivity index (χ0n) is 11.3. The van der Waals surface area contributed by atoms with Gasteiger partial charge in [-0.3, -0.25) is 4.79 Å². The van der Waals surface area contributed by atoms with Gasteiger partial charge in [-0.05, 0) is 38.8 Å². The smallest absolute Gasteiger partial charge is 0.253 e. The molecule has 1 aromatic carbocycles. The third-order valence-electron chi connectivity index (χ3n) is 3.83. The number of anilines is 1. The van der Waals surface area contributed by atoms with Gasteiger partial charge < -0.3 is 11.1 Å². The van der Waals surface area contributed by atoms with Gasteiger partial charge in [-0.2, -0.15) is 0 Å². The van der Waals surface area contributed by atoms with Gasteiger partial charge in [-0.15, -0.1) is 0 Å². The Morgan fingerprint density at radius 1 is 1.28 bits per heavy atom. The molecule has 1 amide bonds. The van der Waals surface area contributed by atoms with Crippen LogP contribution in [0.4, 0.5) is 5.69 Å². The standard InChI is InChI=1S/C15H22N2O/c1-11-6-7-13(16)12(10-11)14(18)17-15(2)8-4-3-5-9-15/h6-7,10H,3-5,8-9,16H2,1-2H3,(H,17,18). The number of hydrogen-bond acceptors (Lipinski definition) is 2. The van der Waals surface area contributed by atoms with Crippen LogP contribution in [0.5, 0.6) is 0 Å². The quantitative estimate of drug-likeness (QED) is 0.788. The van der Waals surface area contributed by atoms with Crippen LogP contribution in [0.3, 0.4) is 0 Å². The van der Waals surface area contributed by atoms with Crippen molar-refractivity contribution in [3.8, 4) is 0 Å². The van der Waals surface area contributed by atoms with Gasteiger partial charge in [0.2, 0.25) is 0 Å². The van der Waals surface area contributed by atoms with Crippen molar-refractivity contribution < 1.29 is 4.79 Å². The minimum absolute atomic E-state index is 0.0411. The van der Waals surface area contributed by atoms with Crippen LogP contribution in [-0.2, 0) is 0 Å². The molecular weight excluding hydrogens is 224 g/mol. The Hall–Kier alpha value is -1.51. The first kappa shape index (κ1) is 12.9. The largest absolute Gasteiger partial charge is 0.398 e. The van der Waals surface area contributed by atoms with E-state index in [1.165, 1.54) is 19.3 Å². The van der Waals surface area contributed by atoms with Crippen molar-refractivity contribution in [2.45, 2.75) is 51.5 Å². The molecule has 1 aliphatic rings. The Morgan fingerprint density at radius 2 is 1.94 bits per heavy atom. The van der Waals surface area contributed by atoms with E-state index in [-0.39, 0.29) is 11.4 Å². The lowest BCUT2D eigenvalue weighted by Crippen LogP contribution is -2.47. The van der Waals surface area contributed by atoms with Crippen molar-refractivity contribution in [3.05, 3.63) is 29.3 Å². The number of rotatable bonds is 2. The Morgan fingerprint density at radius 3 is 2.61 bits per heavy atom. The normalized spacial score (nSPS) is 18.3. The summed E-state index contributed by atoms with van der Waals surface area (Å²) in [6.45, 7) is 4.11. The molecule has 0 saturated heterocycles. The number of hydrogen-bond donors (Lipinski definition) is 2. The number of carbonyl (C=O) groups excluding carboxylic acids is 1. The molecule has 3 nitrogen and oxygen atoms in total. The Kier molecular flexibility index (Phi) is 3.60.